The number of rotatable bonds is 2. The molecule has 0 N–H and O–H groups in total. The van der Waals surface area contributed by atoms with Crippen molar-refractivity contribution in [2.24, 2.45) is 5.92 Å². The maximum atomic E-state index is 12.6. The fourth-order valence-corrected chi connectivity index (χ4v) is 3.39. The molecule has 2 saturated heterocycles. The fourth-order valence-electron chi connectivity index (χ4n) is 2.99. The van der Waals surface area contributed by atoms with Gasteiger partial charge in [0.1, 0.15) is 0 Å². The average molecular weight is 325 g/mol. The first-order chi connectivity index (χ1) is 9.19. The van der Waals surface area contributed by atoms with Crippen molar-refractivity contribution in [1.29, 1.82) is 0 Å². The Bertz CT molecular complexity index is 480. The smallest absolute Gasteiger partial charge is 0.166 e. The number of benzene rings is 1. The molecule has 2 fully saturated rings. The van der Waals surface area contributed by atoms with Crippen LogP contribution in [0.1, 0.15) is 29.6 Å². The maximum Gasteiger partial charge on any atom is 0.166 e. The summed E-state index contributed by atoms with van der Waals surface area (Å²) in [6.45, 7) is 2.04. The van der Waals surface area contributed by atoms with Gasteiger partial charge >= 0.3 is 0 Å². The molecule has 0 amide bonds. The standard InChI is InChI=1S/C15H17BrO3/c16-13-3-1-2-11(8-13)14(17)12-4-6-19-15(9-12)5-7-18-10-15/h1-3,8,12H,4-7,9-10H2. The first kappa shape index (κ1) is 13.3. The third kappa shape index (κ3) is 2.76. The molecule has 0 radical (unpaired) electrons. The van der Waals surface area contributed by atoms with Gasteiger partial charge < -0.3 is 9.47 Å². The van der Waals surface area contributed by atoms with E-state index in [0.717, 1.165) is 35.9 Å². The van der Waals surface area contributed by atoms with E-state index in [2.05, 4.69) is 15.9 Å². The maximum absolute atomic E-state index is 12.6. The molecule has 19 heavy (non-hydrogen) atoms. The Morgan fingerprint density at radius 3 is 3.00 bits per heavy atom. The molecule has 2 aliphatic rings. The summed E-state index contributed by atoms with van der Waals surface area (Å²) < 4.78 is 12.3. The van der Waals surface area contributed by atoms with E-state index in [1.165, 1.54) is 0 Å². The predicted molar refractivity (Wildman–Crippen MR) is 75.3 cm³/mol. The lowest BCUT2D eigenvalue weighted by molar-refractivity contribution is -0.0920. The second kappa shape index (κ2) is 5.35. The van der Waals surface area contributed by atoms with Crippen LogP contribution >= 0.6 is 15.9 Å². The van der Waals surface area contributed by atoms with Crippen LogP contribution in [0.25, 0.3) is 0 Å². The van der Waals surface area contributed by atoms with Crippen LogP contribution in [0.3, 0.4) is 0 Å². The number of hydrogen-bond donors (Lipinski definition) is 0. The molecule has 102 valence electrons. The minimum atomic E-state index is -0.204. The summed E-state index contributed by atoms with van der Waals surface area (Å²) in [5.74, 6) is 0.292. The Balaban J connectivity index is 1.76. The highest BCUT2D eigenvalue weighted by Crippen LogP contribution is 2.37. The van der Waals surface area contributed by atoms with Gasteiger partial charge in [-0.15, -0.1) is 0 Å². The average Bonchev–Trinajstić information content (AvgIpc) is 2.86. The molecular formula is C15H17BrO3. The Morgan fingerprint density at radius 2 is 2.26 bits per heavy atom. The Morgan fingerprint density at radius 1 is 1.37 bits per heavy atom. The van der Waals surface area contributed by atoms with Crippen molar-refractivity contribution in [2.75, 3.05) is 19.8 Å². The summed E-state index contributed by atoms with van der Waals surface area (Å²) in [7, 11) is 0. The number of ether oxygens (including phenoxy) is 2. The minimum absolute atomic E-state index is 0.0600. The van der Waals surface area contributed by atoms with Crippen molar-refractivity contribution < 1.29 is 14.3 Å². The van der Waals surface area contributed by atoms with E-state index in [1.807, 2.05) is 24.3 Å². The molecule has 2 aliphatic heterocycles. The topological polar surface area (TPSA) is 35.5 Å². The number of Topliss-reactive ketones (excluding diaryl/α,β-unsaturated/α-hetero) is 1. The first-order valence-corrected chi connectivity index (χ1v) is 7.49. The summed E-state index contributed by atoms with van der Waals surface area (Å²) in [6.07, 6.45) is 2.51. The molecule has 3 rings (SSSR count). The van der Waals surface area contributed by atoms with Gasteiger partial charge in [0.05, 0.1) is 12.2 Å². The molecule has 1 spiro atoms. The molecule has 0 bridgehead atoms. The largest absolute Gasteiger partial charge is 0.378 e. The molecule has 1 aromatic rings. The van der Waals surface area contributed by atoms with E-state index in [4.69, 9.17) is 9.47 Å². The summed E-state index contributed by atoms with van der Waals surface area (Å²) in [5.41, 5.74) is 0.584. The summed E-state index contributed by atoms with van der Waals surface area (Å²) in [5, 5.41) is 0. The fraction of sp³-hybridized carbons (Fsp3) is 0.533. The molecule has 0 aliphatic carbocycles. The second-order valence-corrected chi connectivity index (χ2v) is 6.31. The third-order valence-electron chi connectivity index (χ3n) is 4.04. The molecule has 3 nitrogen and oxygen atoms in total. The lowest BCUT2D eigenvalue weighted by Gasteiger charge is -2.36. The molecule has 0 aromatic heterocycles. The van der Waals surface area contributed by atoms with Crippen LogP contribution in [0.5, 0.6) is 0 Å². The van der Waals surface area contributed by atoms with E-state index in [-0.39, 0.29) is 17.3 Å². The molecule has 1 aromatic carbocycles. The van der Waals surface area contributed by atoms with Gasteiger partial charge in [-0.1, -0.05) is 28.1 Å². The highest BCUT2D eigenvalue weighted by Gasteiger charge is 2.42. The zero-order valence-electron chi connectivity index (χ0n) is 10.7. The molecule has 4 heteroatoms. The molecule has 2 unspecified atom stereocenters. The van der Waals surface area contributed by atoms with E-state index in [1.54, 1.807) is 0 Å². The van der Waals surface area contributed by atoms with Crippen molar-refractivity contribution in [1.82, 2.24) is 0 Å². The van der Waals surface area contributed by atoms with Crippen molar-refractivity contribution in [2.45, 2.75) is 24.9 Å². The lowest BCUT2D eigenvalue weighted by atomic mass is 9.81. The van der Waals surface area contributed by atoms with Crippen LogP contribution < -0.4 is 0 Å². The van der Waals surface area contributed by atoms with Crippen molar-refractivity contribution in [3.8, 4) is 0 Å². The Labute approximate surface area is 121 Å². The summed E-state index contributed by atoms with van der Waals surface area (Å²) in [4.78, 5) is 12.6. The van der Waals surface area contributed by atoms with E-state index >= 15 is 0 Å². The van der Waals surface area contributed by atoms with Crippen molar-refractivity contribution in [3.63, 3.8) is 0 Å². The highest BCUT2D eigenvalue weighted by atomic mass is 79.9. The van der Waals surface area contributed by atoms with Gasteiger partial charge in [-0.3, -0.25) is 4.79 Å². The zero-order chi connectivity index (χ0) is 13.3. The molecule has 0 saturated carbocycles. The molecule has 2 heterocycles. The van der Waals surface area contributed by atoms with E-state index in [0.29, 0.717) is 13.2 Å². The van der Waals surface area contributed by atoms with Crippen LogP contribution in [0.4, 0.5) is 0 Å². The van der Waals surface area contributed by atoms with Gasteiger partial charge in [-0.25, -0.2) is 0 Å². The van der Waals surface area contributed by atoms with Crippen LogP contribution in [-0.2, 0) is 9.47 Å². The Hall–Kier alpha value is -0.710. The van der Waals surface area contributed by atoms with Crippen LogP contribution in [0.15, 0.2) is 28.7 Å². The SMILES string of the molecule is O=C(c1cccc(Br)c1)C1CCOC2(CCOC2)C1. The lowest BCUT2D eigenvalue weighted by Crippen LogP contribution is -2.42. The van der Waals surface area contributed by atoms with E-state index < -0.39 is 0 Å². The van der Waals surface area contributed by atoms with Crippen LogP contribution in [-0.4, -0.2) is 31.2 Å². The Kier molecular flexibility index (Phi) is 3.74. The zero-order valence-corrected chi connectivity index (χ0v) is 12.3. The van der Waals surface area contributed by atoms with Crippen LogP contribution in [0, 0.1) is 5.92 Å². The van der Waals surface area contributed by atoms with Gasteiger partial charge in [-0.05, 0) is 25.0 Å². The van der Waals surface area contributed by atoms with Crippen molar-refractivity contribution in [3.05, 3.63) is 34.3 Å². The van der Waals surface area contributed by atoms with Gasteiger partial charge in [0.15, 0.2) is 5.78 Å². The number of carbonyl (C=O) groups excluding carboxylic acids is 1. The monoisotopic (exact) mass is 324 g/mol. The van der Waals surface area contributed by atoms with Crippen molar-refractivity contribution >= 4 is 21.7 Å². The van der Waals surface area contributed by atoms with Gasteiger partial charge in [-0.2, -0.15) is 0 Å². The predicted octanol–water partition coefficient (Wildman–Crippen LogP) is 3.22. The highest BCUT2D eigenvalue weighted by molar-refractivity contribution is 9.10. The minimum Gasteiger partial charge on any atom is -0.378 e. The van der Waals surface area contributed by atoms with E-state index in [9.17, 15) is 4.79 Å². The molecule has 2 atom stereocenters. The number of halogens is 1. The number of ketones is 1. The van der Waals surface area contributed by atoms with Crippen LogP contribution in [0.2, 0.25) is 0 Å². The normalized spacial score (nSPS) is 30.7. The van der Waals surface area contributed by atoms with Gasteiger partial charge in [0, 0.05) is 35.6 Å². The summed E-state index contributed by atoms with van der Waals surface area (Å²) in [6, 6.07) is 7.63. The first-order valence-electron chi connectivity index (χ1n) is 6.70. The van der Waals surface area contributed by atoms with Gasteiger partial charge in [0.2, 0.25) is 0 Å². The summed E-state index contributed by atoms with van der Waals surface area (Å²) >= 11 is 3.42. The number of hydrogen-bond acceptors (Lipinski definition) is 3. The van der Waals surface area contributed by atoms with Gasteiger partial charge in [0.25, 0.3) is 0 Å². The third-order valence-corrected chi connectivity index (χ3v) is 4.53. The second-order valence-electron chi connectivity index (χ2n) is 5.40. The molecular weight excluding hydrogens is 308 g/mol. The quantitative estimate of drug-likeness (QED) is 0.783. The number of carbonyl (C=O) groups is 1.